The number of pyridine rings is 1. The van der Waals surface area contributed by atoms with Gasteiger partial charge in [-0.2, -0.15) is 0 Å². The van der Waals surface area contributed by atoms with Crippen LogP contribution >= 0.6 is 15.9 Å². The summed E-state index contributed by atoms with van der Waals surface area (Å²) in [6, 6.07) is 1.81. The van der Waals surface area contributed by atoms with Crippen molar-refractivity contribution in [3.05, 3.63) is 34.1 Å². The molecule has 0 spiro atoms. The van der Waals surface area contributed by atoms with Crippen LogP contribution in [0.15, 0.2) is 28.5 Å². The van der Waals surface area contributed by atoms with E-state index in [2.05, 4.69) is 20.9 Å². The summed E-state index contributed by atoms with van der Waals surface area (Å²) in [6.07, 6.45) is 8.65. The van der Waals surface area contributed by atoms with Crippen LogP contribution in [0.3, 0.4) is 0 Å². The summed E-state index contributed by atoms with van der Waals surface area (Å²) < 4.78 is 5.83. The van der Waals surface area contributed by atoms with Crippen LogP contribution in [0.1, 0.15) is 38.2 Å². The van der Waals surface area contributed by atoms with Crippen LogP contribution in [0.2, 0.25) is 0 Å². The molecule has 2 rings (SSSR count). The molecule has 1 aliphatic rings. The summed E-state index contributed by atoms with van der Waals surface area (Å²) in [5, 5.41) is 0. The highest BCUT2D eigenvalue weighted by molar-refractivity contribution is 9.10. The van der Waals surface area contributed by atoms with Crippen LogP contribution in [-0.2, 0) is 14.3 Å². The Morgan fingerprint density at radius 1 is 1.38 bits per heavy atom. The fourth-order valence-electron chi connectivity index (χ4n) is 2.52. The van der Waals surface area contributed by atoms with Crippen molar-refractivity contribution in [3.8, 4) is 0 Å². The predicted octanol–water partition coefficient (Wildman–Crippen LogP) is 3.55. The number of carbonyl (C=O) groups excluding carboxylic acids is 2. The van der Waals surface area contributed by atoms with Crippen LogP contribution < -0.4 is 0 Å². The number of hydrogen-bond donors (Lipinski definition) is 0. The number of rotatable bonds is 5. The second-order valence-electron chi connectivity index (χ2n) is 5.06. The van der Waals surface area contributed by atoms with Gasteiger partial charge in [-0.1, -0.05) is 12.8 Å². The third kappa shape index (κ3) is 4.24. The number of carbonyl (C=O) groups is 2. The highest BCUT2D eigenvalue weighted by atomic mass is 79.9. The lowest BCUT2D eigenvalue weighted by Crippen LogP contribution is -2.21. The number of ketones is 1. The van der Waals surface area contributed by atoms with E-state index < -0.39 is 5.97 Å². The van der Waals surface area contributed by atoms with Gasteiger partial charge in [-0.05, 0) is 53.4 Å². The molecule has 0 aromatic carbocycles. The Kier molecular flexibility index (Phi) is 5.67. The second kappa shape index (κ2) is 7.50. The number of Topliss-reactive ketones (excluding diaryl/α,β-unsaturated/α-hetero) is 1. The minimum absolute atomic E-state index is 0.0548. The number of halogens is 1. The Bertz CT molecular complexity index is 562. The summed E-state index contributed by atoms with van der Waals surface area (Å²) in [4.78, 5) is 28.7. The Balaban J connectivity index is 2.30. The molecule has 0 bridgehead atoms. The zero-order valence-corrected chi connectivity index (χ0v) is 13.6. The van der Waals surface area contributed by atoms with E-state index in [-0.39, 0.29) is 23.9 Å². The molecule has 0 amide bonds. The summed E-state index contributed by atoms with van der Waals surface area (Å²) in [7, 11) is 0. The molecule has 0 N–H and O–H groups in total. The van der Waals surface area contributed by atoms with E-state index in [0.29, 0.717) is 5.56 Å². The van der Waals surface area contributed by atoms with Gasteiger partial charge in [0, 0.05) is 22.8 Å². The molecule has 0 radical (unpaired) electrons. The van der Waals surface area contributed by atoms with E-state index in [0.717, 1.165) is 30.2 Å². The van der Waals surface area contributed by atoms with Crippen LogP contribution in [0.5, 0.6) is 0 Å². The zero-order valence-electron chi connectivity index (χ0n) is 12.0. The molecule has 0 atom stereocenters. The summed E-state index contributed by atoms with van der Waals surface area (Å²) in [5.41, 5.74) is 0.836. The van der Waals surface area contributed by atoms with E-state index in [1.165, 1.54) is 0 Å². The lowest BCUT2D eigenvalue weighted by atomic mass is 9.95. The van der Waals surface area contributed by atoms with Crippen molar-refractivity contribution in [2.75, 3.05) is 6.61 Å². The molecule has 1 fully saturated rings. The van der Waals surface area contributed by atoms with Crippen LogP contribution in [0.25, 0.3) is 6.08 Å². The topological polar surface area (TPSA) is 56.3 Å². The highest BCUT2D eigenvalue weighted by Gasteiger charge is 2.29. The van der Waals surface area contributed by atoms with Gasteiger partial charge in [-0.15, -0.1) is 0 Å². The van der Waals surface area contributed by atoms with Gasteiger partial charge in [-0.25, -0.2) is 4.79 Å². The average Bonchev–Trinajstić information content (AvgIpc) is 2.98. The molecule has 5 heteroatoms. The lowest BCUT2D eigenvalue weighted by Gasteiger charge is -2.11. The van der Waals surface area contributed by atoms with Gasteiger partial charge in [0.05, 0.1) is 6.61 Å². The number of esters is 1. The molecular formula is C16H18BrNO3. The van der Waals surface area contributed by atoms with E-state index >= 15 is 0 Å². The number of ether oxygens (including phenoxy) is 1. The van der Waals surface area contributed by atoms with E-state index in [1.54, 1.807) is 25.4 Å². The fraction of sp³-hybridized carbons (Fsp3) is 0.438. The molecule has 1 aromatic heterocycles. The van der Waals surface area contributed by atoms with E-state index in [9.17, 15) is 9.59 Å². The molecule has 0 aliphatic heterocycles. The minimum Gasteiger partial charge on any atom is -0.462 e. The molecular weight excluding hydrogens is 334 g/mol. The maximum atomic E-state index is 12.5. The van der Waals surface area contributed by atoms with Gasteiger partial charge in [0.25, 0.3) is 0 Å². The van der Waals surface area contributed by atoms with E-state index in [1.807, 2.05) is 6.07 Å². The highest BCUT2D eigenvalue weighted by Crippen LogP contribution is 2.29. The SMILES string of the molecule is CCOC(=O)/C(=C/c1cncc(Br)c1)C(=O)C1CCCC1. The third-order valence-corrected chi connectivity index (χ3v) is 3.96. The first kappa shape index (κ1) is 15.9. The van der Waals surface area contributed by atoms with Crippen molar-refractivity contribution >= 4 is 33.8 Å². The van der Waals surface area contributed by atoms with Gasteiger partial charge in [0.15, 0.2) is 5.78 Å². The molecule has 1 aromatic rings. The molecule has 0 saturated heterocycles. The van der Waals surface area contributed by atoms with Crippen molar-refractivity contribution in [2.45, 2.75) is 32.6 Å². The van der Waals surface area contributed by atoms with Crippen LogP contribution in [-0.4, -0.2) is 23.3 Å². The summed E-state index contributed by atoms with van der Waals surface area (Å²) in [5.74, 6) is -0.707. The van der Waals surface area contributed by atoms with Crippen LogP contribution in [0.4, 0.5) is 0 Å². The quantitative estimate of drug-likeness (QED) is 0.352. The van der Waals surface area contributed by atoms with Gasteiger partial charge in [-0.3, -0.25) is 9.78 Å². The Morgan fingerprint density at radius 2 is 2.10 bits per heavy atom. The van der Waals surface area contributed by atoms with Crippen molar-refractivity contribution in [2.24, 2.45) is 5.92 Å². The second-order valence-corrected chi connectivity index (χ2v) is 5.98. The fourth-order valence-corrected chi connectivity index (χ4v) is 2.90. The molecule has 1 aliphatic carbocycles. The Hall–Kier alpha value is -1.49. The van der Waals surface area contributed by atoms with Crippen molar-refractivity contribution in [1.29, 1.82) is 0 Å². The number of nitrogens with zero attached hydrogens (tertiary/aromatic N) is 1. The van der Waals surface area contributed by atoms with Crippen molar-refractivity contribution in [1.82, 2.24) is 4.98 Å². The van der Waals surface area contributed by atoms with Crippen molar-refractivity contribution in [3.63, 3.8) is 0 Å². The van der Waals surface area contributed by atoms with Crippen molar-refractivity contribution < 1.29 is 14.3 Å². The van der Waals surface area contributed by atoms with E-state index in [4.69, 9.17) is 4.74 Å². The average molecular weight is 352 g/mol. The first-order valence-corrected chi connectivity index (χ1v) is 7.94. The molecule has 112 valence electrons. The Morgan fingerprint density at radius 3 is 2.71 bits per heavy atom. The molecule has 0 unspecified atom stereocenters. The first-order chi connectivity index (χ1) is 10.1. The molecule has 1 saturated carbocycles. The maximum Gasteiger partial charge on any atom is 0.341 e. The summed E-state index contributed by atoms with van der Waals surface area (Å²) >= 11 is 3.33. The minimum atomic E-state index is -0.547. The van der Waals surface area contributed by atoms with Crippen LogP contribution in [0, 0.1) is 5.92 Å². The third-order valence-electron chi connectivity index (χ3n) is 3.52. The maximum absolute atomic E-state index is 12.5. The Labute approximate surface area is 132 Å². The van der Waals surface area contributed by atoms with Gasteiger partial charge in [0.2, 0.25) is 0 Å². The molecule has 1 heterocycles. The number of aromatic nitrogens is 1. The first-order valence-electron chi connectivity index (χ1n) is 7.15. The molecule has 4 nitrogen and oxygen atoms in total. The monoisotopic (exact) mass is 351 g/mol. The van der Waals surface area contributed by atoms with Gasteiger partial charge in [0.1, 0.15) is 5.57 Å². The van der Waals surface area contributed by atoms with Gasteiger partial charge >= 0.3 is 5.97 Å². The smallest absolute Gasteiger partial charge is 0.341 e. The standard InChI is InChI=1S/C16H18BrNO3/c1-2-21-16(20)14(15(19)12-5-3-4-6-12)8-11-7-13(17)10-18-9-11/h7-10,12H,2-6H2,1H3/b14-8+. The largest absolute Gasteiger partial charge is 0.462 e. The predicted molar refractivity (Wildman–Crippen MR) is 83.5 cm³/mol. The van der Waals surface area contributed by atoms with Gasteiger partial charge < -0.3 is 4.74 Å². The summed E-state index contributed by atoms with van der Waals surface area (Å²) in [6.45, 7) is 1.99. The normalized spacial score (nSPS) is 16.0. The lowest BCUT2D eigenvalue weighted by molar-refractivity contribution is -0.140. The number of hydrogen-bond acceptors (Lipinski definition) is 4. The molecule has 21 heavy (non-hydrogen) atoms. The zero-order chi connectivity index (χ0) is 15.2.